The molecule has 0 bridgehead atoms. The third kappa shape index (κ3) is 4.51. The van der Waals surface area contributed by atoms with E-state index in [1.165, 1.54) is 6.07 Å². The molecule has 6 heteroatoms. The van der Waals surface area contributed by atoms with Gasteiger partial charge in [0.15, 0.2) is 0 Å². The second-order valence-electron chi connectivity index (χ2n) is 6.33. The van der Waals surface area contributed by atoms with E-state index in [4.69, 9.17) is 11.6 Å². The van der Waals surface area contributed by atoms with Gasteiger partial charge in [-0.15, -0.1) is 0 Å². The van der Waals surface area contributed by atoms with Crippen molar-refractivity contribution < 1.29 is 18.3 Å². The maximum atomic E-state index is 12.9. The van der Waals surface area contributed by atoms with Gasteiger partial charge in [-0.3, -0.25) is 0 Å². The molecule has 1 aliphatic heterocycles. The van der Waals surface area contributed by atoms with Crippen LogP contribution < -0.4 is 4.90 Å². The van der Waals surface area contributed by atoms with Crippen molar-refractivity contribution in [2.75, 3.05) is 18.0 Å². The summed E-state index contributed by atoms with van der Waals surface area (Å²) >= 11 is 5.92. The van der Waals surface area contributed by atoms with Gasteiger partial charge in [-0.1, -0.05) is 35.6 Å². The molecule has 0 aliphatic carbocycles. The van der Waals surface area contributed by atoms with Crippen LogP contribution in [0.25, 0.3) is 0 Å². The van der Waals surface area contributed by atoms with E-state index in [0.29, 0.717) is 42.2 Å². The summed E-state index contributed by atoms with van der Waals surface area (Å²) in [5.74, 6) is 5.82. The van der Waals surface area contributed by atoms with Gasteiger partial charge in [0.1, 0.15) is 5.60 Å². The number of alkyl halides is 3. The molecular weight excluding hydrogens is 363 g/mol. The zero-order valence-corrected chi connectivity index (χ0v) is 14.6. The van der Waals surface area contributed by atoms with Crippen molar-refractivity contribution in [2.24, 2.45) is 0 Å². The maximum Gasteiger partial charge on any atom is 0.416 e. The lowest BCUT2D eigenvalue weighted by Gasteiger charge is -2.36. The van der Waals surface area contributed by atoms with E-state index in [-0.39, 0.29) is 0 Å². The van der Waals surface area contributed by atoms with Crippen molar-refractivity contribution in [1.29, 1.82) is 0 Å². The molecular formula is C20H17ClF3NO. The van der Waals surface area contributed by atoms with Crippen LogP contribution >= 0.6 is 11.6 Å². The van der Waals surface area contributed by atoms with E-state index < -0.39 is 17.3 Å². The smallest absolute Gasteiger partial charge is 0.377 e. The molecule has 1 heterocycles. The molecule has 0 spiro atoms. The van der Waals surface area contributed by atoms with E-state index in [0.717, 1.165) is 12.1 Å². The maximum absolute atomic E-state index is 12.9. The molecule has 1 fully saturated rings. The van der Waals surface area contributed by atoms with Crippen molar-refractivity contribution in [2.45, 2.75) is 24.6 Å². The van der Waals surface area contributed by atoms with E-state index in [1.54, 1.807) is 30.3 Å². The predicted molar refractivity (Wildman–Crippen MR) is 96.2 cm³/mol. The Morgan fingerprint density at radius 1 is 1.04 bits per heavy atom. The quantitative estimate of drug-likeness (QED) is 0.723. The number of hydrogen-bond acceptors (Lipinski definition) is 2. The Morgan fingerprint density at radius 2 is 1.73 bits per heavy atom. The van der Waals surface area contributed by atoms with Crippen molar-refractivity contribution in [3.05, 3.63) is 64.7 Å². The van der Waals surface area contributed by atoms with Gasteiger partial charge in [0, 0.05) is 42.2 Å². The van der Waals surface area contributed by atoms with Gasteiger partial charge < -0.3 is 10.0 Å². The number of piperidine rings is 1. The highest BCUT2D eigenvalue weighted by atomic mass is 35.5. The van der Waals surface area contributed by atoms with Crippen LogP contribution in [0.2, 0.25) is 5.02 Å². The molecule has 26 heavy (non-hydrogen) atoms. The first-order valence-electron chi connectivity index (χ1n) is 8.19. The zero-order valence-electron chi connectivity index (χ0n) is 13.9. The van der Waals surface area contributed by atoms with Crippen molar-refractivity contribution in [3.8, 4) is 11.8 Å². The Balaban J connectivity index is 1.69. The first kappa shape index (κ1) is 18.6. The molecule has 2 nitrogen and oxygen atoms in total. The highest BCUT2D eigenvalue weighted by Crippen LogP contribution is 2.33. The minimum absolute atomic E-state index is 0.358. The number of hydrogen-bond donors (Lipinski definition) is 1. The third-order valence-electron chi connectivity index (χ3n) is 4.39. The molecule has 0 unspecified atom stereocenters. The predicted octanol–water partition coefficient (Wildman–Crippen LogP) is 4.74. The van der Waals surface area contributed by atoms with Crippen LogP contribution in [0.15, 0.2) is 48.5 Å². The molecule has 1 aliphatic rings. The van der Waals surface area contributed by atoms with Gasteiger partial charge in [-0.2, -0.15) is 13.2 Å². The van der Waals surface area contributed by atoms with Crippen LogP contribution in [-0.4, -0.2) is 23.8 Å². The van der Waals surface area contributed by atoms with Crippen LogP contribution in [0.5, 0.6) is 0 Å². The Morgan fingerprint density at radius 3 is 2.38 bits per heavy atom. The number of nitrogens with zero attached hydrogens (tertiary/aromatic N) is 1. The van der Waals surface area contributed by atoms with Gasteiger partial charge in [0.05, 0.1) is 5.56 Å². The average Bonchev–Trinajstić information content (AvgIpc) is 2.60. The van der Waals surface area contributed by atoms with Crippen LogP contribution in [-0.2, 0) is 6.18 Å². The summed E-state index contributed by atoms with van der Waals surface area (Å²) in [5.41, 5.74) is -0.604. The first-order chi connectivity index (χ1) is 12.3. The van der Waals surface area contributed by atoms with Crippen LogP contribution in [0, 0.1) is 11.8 Å². The second kappa shape index (κ2) is 7.22. The minimum Gasteiger partial charge on any atom is -0.377 e. The molecule has 136 valence electrons. The van der Waals surface area contributed by atoms with E-state index in [9.17, 15) is 18.3 Å². The van der Waals surface area contributed by atoms with Gasteiger partial charge in [0.25, 0.3) is 0 Å². The highest BCUT2D eigenvalue weighted by Gasteiger charge is 2.33. The molecule has 2 aromatic rings. The van der Waals surface area contributed by atoms with Gasteiger partial charge in [-0.05, 0) is 36.4 Å². The lowest BCUT2D eigenvalue weighted by Crippen LogP contribution is -2.43. The SMILES string of the molecule is OC1(C#Cc2cccc(Cl)c2)CCN(c2cccc(C(F)(F)F)c2)CC1. The Hall–Kier alpha value is -2.16. The molecule has 0 saturated carbocycles. The summed E-state index contributed by atoms with van der Waals surface area (Å²) in [6, 6.07) is 12.3. The number of aliphatic hydroxyl groups is 1. The molecule has 1 saturated heterocycles. The van der Waals surface area contributed by atoms with Crippen molar-refractivity contribution in [1.82, 2.24) is 0 Å². The lowest BCUT2D eigenvalue weighted by atomic mass is 9.91. The molecule has 0 amide bonds. The summed E-state index contributed by atoms with van der Waals surface area (Å²) in [4.78, 5) is 1.84. The molecule has 0 atom stereocenters. The minimum atomic E-state index is -4.37. The Kier molecular flexibility index (Phi) is 5.17. The summed E-state index contributed by atoms with van der Waals surface area (Å²) < 4.78 is 38.6. The summed E-state index contributed by atoms with van der Waals surface area (Å²) in [5, 5.41) is 11.2. The lowest BCUT2D eigenvalue weighted by molar-refractivity contribution is -0.137. The van der Waals surface area contributed by atoms with Gasteiger partial charge in [-0.25, -0.2) is 0 Å². The molecule has 0 radical (unpaired) electrons. The van der Waals surface area contributed by atoms with E-state index in [2.05, 4.69) is 11.8 Å². The first-order valence-corrected chi connectivity index (χ1v) is 8.56. The fraction of sp³-hybridized carbons (Fsp3) is 0.300. The number of halogens is 4. The molecule has 1 N–H and O–H groups in total. The van der Waals surface area contributed by atoms with Crippen LogP contribution in [0.4, 0.5) is 18.9 Å². The third-order valence-corrected chi connectivity index (χ3v) is 4.63. The summed E-state index contributed by atoms with van der Waals surface area (Å²) in [7, 11) is 0. The Labute approximate surface area is 155 Å². The zero-order chi connectivity index (χ0) is 18.8. The second-order valence-corrected chi connectivity index (χ2v) is 6.76. The van der Waals surface area contributed by atoms with E-state index >= 15 is 0 Å². The molecule has 3 rings (SSSR count). The Bertz CT molecular complexity index is 846. The standard InChI is InChI=1S/C20H17ClF3NO/c21-17-5-1-3-15(13-17)7-8-19(26)9-11-25(12-10-19)18-6-2-4-16(14-18)20(22,23)24/h1-6,13-14,26H,9-12H2. The highest BCUT2D eigenvalue weighted by molar-refractivity contribution is 6.30. The topological polar surface area (TPSA) is 23.5 Å². The van der Waals surface area contributed by atoms with Gasteiger partial charge in [0.2, 0.25) is 0 Å². The van der Waals surface area contributed by atoms with Crippen molar-refractivity contribution in [3.63, 3.8) is 0 Å². The summed E-state index contributed by atoms with van der Waals surface area (Å²) in [6.45, 7) is 0.865. The normalized spacial score (nSPS) is 16.7. The fourth-order valence-electron chi connectivity index (χ4n) is 2.89. The van der Waals surface area contributed by atoms with Crippen molar-refractivity contribution >= 4 is 17.3 Å². The average molecular weight is 380 g/mol. The van der Waals surface area contributed by atoms with Crippen LogP contribution in [0.3, 0.4) is 0 Å². The van der Waals surface area contributed by atoms with Gasteiger partial charge >= 0.3 is 6.18 Å². The molecule has 0 aromatic heterocycles. The van der Waals surface area contributed by atoms with E-state index in [1.807, 2.05) is 4.90 Å². The monoisotopic (exact) mass is 379 g/mol. The van der Waals surface area contributed by atoms with Crippen LogP contribution in [0.1, 0.15) is 24.0 Å². The summed E-state index contributed by atoms with van der Waals surface area (Å²) in [6.07, 6.45) is -3.65. The fourth-order valence-corrected chi connectivity index (χ4v) is 3.08. The molecule has 2 aromatic carbocycles. The number of anilines is 1. The number of benzene rings is 2. The number of rotatable bonds is 1. The largest absolute Gasteiger partial charge is 0.416 e.